The second-order valence-corrected chi connectivity index (χ2v) is 8.35. The number of hydrogen-bond donors (Lipinski definition) is 2. The summed E-state index contributed by atoms with van der Waals surface area (Å²) in [4.78, 5) is 11.5. The molecule has 2 aromatic rings. The second-order valence-electron chi connectivity index (χ2n) is 8.35. The van der Waals surface area contributed by atoms with Crippen LogP contribution in [0, 0.1) is 11.8 Å². The average Bonchev–Trinajstić information content (AvgIpc) is 2.78. The number of aromatic nitrogens is 2. The third-order valence-electron chi connectivity index (χ3n) is 6.66. The van der Waals surface area contributed by atoms with Crippen LogP contribution in [0.1, 0.15) is 44.9 Å². The predicted octanol–water partition coefficient (Wildman–Crippen LogP) is 3.39. The molecule has 0 amide bonds. The van der Waals surface area contributed by atoms with E-state index in [4.69, 9.17) is 20.2 Å². The summed E-state index contributed by atoms with van der Waals surface area (Å²) < 4.78 is 10.8. The highest BCUT2D eigenvalue weighted by Crippen LogP contribution is 2.36. The fraction of sp³-hybridized carbons (Fsp3) is 0.636. The van der Waals surface area contributed by atoms with Crippen LogP contribution in [0.3, 0.4) is 0 Å². The third kappa shape index (κ3) is 4.06. The molecule has 0 radical (unpaired) electrons. The molecule has 1 atom stereocenters. The van der Waals surface area contributed by atoms with Crippen LogP contribution < -0.4 is 20.1 Å². The molecule has 29 heavy (non-hydrogen) atoms. The van der Waals surface area contributed by atoms with E-state index in [1.165, 1.54) is 32.1 Å². The molecule has 3 N–H and O–H groups in total. The van der Waals surface area contributed by atoms with E-state index in [-0.39, 0.29) is 6.10 Å². The summed E-state index contributed by atoms with van der Waals surface area (Å²) in [5, 5.41) is 11.6. The highest BCUT2D eigenvalue weighted by Gasteiger charge is 2.32. The number of nitrogen functional groups attached to an aromatic ring is 1. The quantitative estimate of drug-likeness (QED) is 0.794. The fourth-order valence-corrected chi connectivity index (χ4v) is 4.91. The molecule has 1 aliphatic heterocycles. The van der Waals surface area contributed by atoms with Crippen molar-refractivity contribution >= 4 is 22.7 Å². The Bertz CT molecular complexity index is 846. The lowest BCUT2D eigenvalue weighted by atomic mass is 9.77. The molecule has 1 saturated carbocycles. The molecule has 1 saturated heterocycles. The Morgan fingerprint density at radius 1 is 0.966 bits per heavy atom. The Labute approximate surface area is 172 Å². The fourth-order valence-electron chi connectivity index (χ4n) is 4.91. The monoisotopic (exact) mass is 400 g/mol. The van der Waals surface area contributed by atoms with Gasteiger partial charge in [-0.15, -0.1) is 0 Å². The lowest BCUT2D eigenvalue weighted by molar-refractivity contribution is 0.0236. The molecule has 7 nitrogen and oxygen atoms in total. The van der Waals surface area contributed by atoms with Crippen LogP contribution in [0.2, 0.25) is 0 Å². The number of hydrogen-bond acceptors (Lipinski definition) is 7. The number of ether oxygens (including phenoxy) is 2. The number of nitrogens with two attached hydrogens (primary N) is 1. The standard InChI is InChI=1S/C22H32N4O3/c1-28-18-12-16-17(13-19(18)29-2)24-22(25-21(16)23)26-10-8-15(9-11-26)20(27)14-6-4-3-5-7-14/h12-15,20,27H,3-11H2,1-2H3,(H2,23,24,25). The SMILES string of the molecule is COc1cc2nc(N3CCC(C(O)C4CCCCC4)CC3)nc(N)c2cc1OC. The molecule has 0 bridgehead atoms. The van der Waals surface area contributed by atoms with Gasteiger partial charge >= 0.3 is 0 Å². The second kappa shape index (κ2) is 8.61. The minimum absolute atomic E-state index is 0.170. The van der Waals surface area contributed by atoms with Gasteiger partial charge in [-0.05, 0) is 43.6 Å². The van der Waals surface area contributed by atoms with Crippen molar-refractivity contribution in [2.45, 2.75) is 51.0 Å². The molecule has 1 unspecified atom stereocenters. The van der Waals surface area contributed by atoms with Gasteiger partial charge in [0.05, 0.1) is 25.8 Å². The topological polar surface area (TPSA) is 93.7 Å². The van der Waals surface area contributed by atoms with E-state index in [0.717, 1.165) is 36.8 Å². The van der Waals surface area contributed by atoms with Gasteiger partial charge in [0, 0.05) is 24.5 Å². The predicted molar refractivity (Wildman–Crippen MR) is 115 cm³/mol. The zero-order valence-electron chi connectivity index (χ0n) is 17.4. The third-order valence-corrected chi connectivity index (χ3v) is 6.66. The molecule has 2 aliphatic rings. The van der Waals surface area contributed by atoms with Crippen molar-refractivity contribution in [1.82, 2.24) is 9.97 Å². The number of methoxy groups -OCH3 is 2. The van der Waals surface area contributed by atoms with Gasteiger partial charge in [0.1, 0.15) is 5.82 Å². The molecular formula is C22H32N4O3. The highest BCUT2D eigenvalue weighted by molar-refractivity contribution is 5.91. The van der Waals surface area contributed by atoms with Gasteiger partial charge in [-0.3, -0.25) is 0 Å². The number of rotatable bonds is 5. The van der Waals surface area contributed by atoms with Gasteiger partial charge in [0.25, 0.3) is 0 Å². The normalized spacial score (nSPS) is 20.0. The van der Waals surface area contributed by atoms with Gasteiger partial charge in [-0.1, -0.05) is 19.3 Å². The van der Waals surface area contributed by atoms with Crippen molar-refractivity contribution in [2.75, 3.05) is 37.9 Å². The van der Waals surface area contributed by atoms with Gasteiger partial charge in [-0.25, -0.2) is 4.98 Å². The molecule has 1 aliphatic carbocycles. The minimum atomic E-state index is -0.170. The van der Waals surface area contributed by atoms with E-state index in [0.29, 0.717) is 35.1 Å². The van der Waals surface area contributed by atoms with E-state index >= 15 is 0 Å². The van der Waals surface area contributed by atoms with Gasteiger partial charge < -0.3 is 25.2 Å². The smallest absolute Gasteiger partial charge is 0.227 e. The Morgan fingerprint density at radius 3 is 2.24 bits per heavy atom. The van der Waals surface area contributed by atoms with Crippen molar-refractivity contribution in [3.8, 4) is 11.5 Å². The molecule has 1 aromatic carbocycles. The molecular weight excluding hydrogens is 368 g/mol. The van der Waals surface area contributed by atoms with Crippen LogP contribution in [0.4, 0.5) is 11.8 Å². The Kier molecular flexibility index (Phi) is 5.94. The van der Waals surface area contributed by atoms with Crippen LogP contribution in [0.15, 0.2) is 12.1 Å². The van der Waals surface area contributed by atoms with Crippen LogP contribution in [0.5, 0.6) is 11.5 Å². The van der Waals surface area contributed by atoms with Crippen molar-refractivity contribution in [3.63, 3.8) is 0 Å². The van der Waals surface area contributed by atoms with Crippen molar-refractivity contribution in [1.29, 1.82) is 0 Å². The van der Waals surface area contributed by atoms with E-state index in [1.807, 2.05) is 12.1 Å². The van der Waals surface area contributed by atoms with E-state index < -0.39 is 0 Å². The largest absolute Gasteiger partial charge is 0.493 e. The molecule has 7 heteroatoms. The minimum Gasteiger partial charge on any atom is -0.493 e. The van der Waals surface area contributed by atoms with Gasteiger partial charge in [0.2, 0.25) is 5.95 Å². The number of aliphatic hydroxyl groups excluding tert-OH is 1. The van der Waals surface area contributed by atoms with E-state index in [1.54, 1.807) is 14.2 Å². The first kappa shape index (κ1) is 20.0. The van der Waals surface area contributed by atoms with E-state index in [9.17, 15) is 5.11 Å². The summed E-state index contributed by atoms with van der Waals surface area (Å²) in [5.74, 6) is 3.17. The highest BCUT2D eigenvalue weighted by atomic mass is 16.5. The summed E-state index contributed by atoms with van der Waals surface area (Å²) in [6.45, 7) is 1.68. The van der Waals surface area contributed by atoms with Crippen molar-refractivity contribution < 1.29 is 14.6 Å². The maximum Gasteiger partial charge on any atom is 0.227 e. The number of benzene rings is 1. The number of aliphatic hydroxyl groups is 1. The van der Waals surface area contributed by atoms with Crippen molar-refractivity contribution in [2.24, 2.45) is 11.8 Å². The zero-order chi connectivity index (χ0) is 20.4. The first-order valence-corrected chi connectivity index (χ1v) is 10.7. The molecule has 1 aromatic heterocycles. The maximum atomic E-state index is 10.9. The van der Waals surface area contributed by atoms with Crippen LogP contribution >= 0.6 is 0 Å². The van der Waals surface area contributed by atoms with Crippen molar-refractivity contribution in [3.05, 3.63) is 12.1 Å². The molecule has 158 valence electrons. The zero-order valence-corrected chi connectivity index (χ0v) is 17.4. The Balaban J connectivity index is 1.49. The molecule has 4 rings (SSSR count). The maximum absolute atomic E-state index is 10.9. The van der Waals surface area contributed by atoms with E-state index in [2.05, 4.69) is 9.88 Å². The molecule has 2 fully saturated rings. The summed E-state index contributed by atoms with van der Waals surface area (Å²) in [7, 11) is 3.21. The first-order valence-electron chi connectivity index (χ1n) is 10.7. The summed E-state index contributed by atoms with van der Waals surface area (Å²) in [5.41, 5.74) is 6.98. The lowest BCUT2D eigenvalue weighted by Gasteiger charge is -2.38. The lowest BCUT2D eigenvalue weighted by Crippen LogP contribution is -2.41. The summed E-state index contributed by atoms with van der Waals surface area (Å²) >= 11 is 0. The Morgan fingerprint density at radius 2 is 1.59 bits per heavy atom. The summed E-state index contributed by atoms with van der Waals surface area (Å²) in [6.07, 6.45) is 7.96. The average molecular weight is 401 g/mol. The van der Waals surface area contributed by atoms with Gasteiger partial charge in [-0.2, -0.15) is 4.98 Å². The van der Waals surface area contributed by atoms with Gasteiger partial charge in [0.15, 0.2) is 11.5 Å². The number of piperidine rings is 1. The van der Waals surface area contributed by atoms with Crippen LogP contribution in [-0.4, -0.2) is 48.5 Å². The summed E-state index contributed by atoms with van der Waals surface area (Å²) in [6, 6.07) is 3.66. The first-order chi connectivity index (χ1) is 14.1. The number of fused-ring (bicyclic) bond motifs is 1. The van der Waals surface area contributed by atoms with Crippen LogP contribution in [-0.2, 0) is 0 Å². The molecule has 2 heterocycles. The number of anilines is 2. The molecule has 0 spiro atoms. The number of nitrogens with zero attached hydrogens (tertiary/aromatic N) is 3. The Hall–Kier alpha value is -2.28. The van der Waals surface area contributed by atoms with Crippen LogP contribution in [0.25, 0.3) is 10.9 Å².